The predicted octanol–water partition coefficient (Wildman–Crippen LogP) is 0.0339. The van der Waals surface area contributed by atoms with Crippen molar-refractivity contribution in [2.75, 3.05) is 24.2 Å². The Morgan fingerprint density at radius 2 is 2.08 bits per heavy atom. The van der Waals surface area contributed by atoms with Crippen molar-refractivity contribution >= 4 is 11.4 Å². The molecule has 0 fully saturated rings. The molecule has 0 aromatic heterocycles. The third-order valence-electron chi connectivity index (χ3n) is 1.70. The predicted molar refractivity (Wildman–Crippen MR) is 52.4 cm³/mol. The van der Waals surface area contributed by atoms with Crippen LogP contribution in [0.5, 0.6) is 0 Å². The van der Waals surface area contributed by atoms with Gasteiger partial charge in [0.05, 0.1) is 24.1 Å². The first-order chi connectivity index (χ1) is 6.24. The summed E-state index contributed by atoms with van der Waals surface area (Å²) in [6, 6.07) is 7.28. The Balaban J connectivity index is 2.50. The third kappa shape index (κ3) is 2.93. The summed E-state index contributed by atoms with van der Waals surface area (Å²) in [6.45, 7) is 0.0461. The monoisotopic (exact) mass is 182 g/mol. The van der Waals surface area contributed by atoms with Crippen molar-refractivity contribution in [2.24, 2.45) is 0 Å². The van der Waals surface area contributed by atoms with Gasteiger partial charge in [-0.05, 0) is 12.1 Å². The van der Waals surface area contributed by atoms with Gasteiger partial charge >= 0.3 is 0 Å². The number of aliphatic hydroxyl groups is 2. The van der Waals surface area contributed by atoms with Gasteiger partial charge in [0, 0.05) is 6.54 Å². The average molecular weight is 182 g/mol. The normalized spacial score (nSPS) is 12.5. The first kappa shape index (κ1) is 9.83. The molecule has 1 aromatic carbocycles. The minimum absolute atomic E-state index is 0.250. The van der Waals surface area contributed by atoms with E-state index in [9.17, 15) is 0 Å². The number of benzene rings is 1. The maximum atomic E-state index is 9.06. The summed E-state index contributed by atoms with van der Waals surface area (Å²) in [5, 5.41) is 20.5. The molecular formula is C9H14N2O2. The molecule has 0 amide bonds. The minimum Gasteiger partial charge on any atom is -0.397 e. The number of hydrogen-bond donors (Lipinski definition) is 4. The zero-order chi connectivity index (χ0) is 9.68. The van der Waals surface area contributed by atoms with Crippen LogP contribution in [0.1, 0.15) is 0 Å². The van der Waals surface area contributed by atoms with Crippen LogP contribution < -0.4 is 11.1 Å². The van der Waals surface area contributed by atoms with Gasteiger partial charge in [-0.3, -0.25) is 0 Å². The molecule has 1 unspecified atom stereocenters. The Kier molecular flexibility index (Phi) is 3.54. The highest BCUT2D eigenvalue weighted by molar-refractivity contribution is 5.65. The largest absolute Gasteiger partial charge is 0.397 e. The fourth-order valence-corrected chi connectivity index (χ4v) is 0.950. The van der Waals surface area contributed by atoms with Crippen LogP contribution in [0.25, 0.3) is 0 Å². The van der Waals surface area contributed by atoms with E-state index >= 15 is 0 Å². The molecule has 5 N–H and O–H groups in total. The van der Waals surface area contributed by atoms with Gasteiger partial charge in [-0.2, -0.15) is 0 Å². The number of para-hydroxylation sites is 2. The van der Waals surface area contributed by atoms with E-state index in [2.05, 4.69) is 5.32 Å². The lowest BCUT2D eigenvalue weighted by Gasteiger charge is -2.11. The highest BCUT2D eigenvalue weighted by atomic mass is 16.3. The molecule has 0 spiro atoms. The molecule has 0 aliphatic heterocycles. The Hall–Kier alpha value is -1.26. The van der Waals surface area contributed by atoms with Crippen molar-refractivity contribution in [1.82, 2.24) is 0 Å². The molecule has 0 saturated carbocycles. The topological polar surface area (TPSA) is 78.5 Å². The molecule has 72 valence electrons. The molecule has 0 heterocycles. The zero-order valence-electron chi connectivity index (χ0n) is 7.27. The van der Waals surface area contributed by atoms with E-state index in [0.717, 1.165) is 5.69 Å². The van der Waals surface area contributed by atoms with Crippen molar-refractivity contribution in [1.29, 1.82) is 0 Å². The van der Waals surface area contributed by atoms with E-state index < -0.39 is 6.10 Å². The SMILES string of the molecule is Nc1ccccc1NCC(O)CO. The number of anilines is 2. The standard InChI is InChI=1S/C9H14N2O2/c10-8-3-1-2-4-9(8)11-5-7(13)6-12/h1-4,7,11-13H,5-6,10H2. The second-order valence-corrected chi connectivity index (χ2v) is 2.80. The van der Waals surface area contributed by atoms with Gasteiger partial charge in [0.2, 0.25) is 0 Å². The molecule has 4 nitrogen and oxygen atoms in total. The van der Waals surface area contributed by atoms with Gasteiger partial charge in [-0.1, -0.05) is 12.1 Å². The average Bonchev–Trinajstić information content (AvgIpc) is 2.16. The molecule has 0 radical (unpaired) electrons. The highest BCUT2D eigenvalue weighted by Gasteiger charge is 2.02. The smallest absolute Gasteiger partial charge is 0.0942 e. The number of rotatable bonds is 4. The highest BCUT2D eigenvalue weighted by Crippen LogP contribution is 2.16. The molecular weight excluding hydrogens is 168 g/mol. The van der Waals surface area contributed by atoms with Crippen LogP contribution in [0.4, 0.5) is 11.4 Å². The van der Waals surface area contributed by atoms with Crippen molar-refractivity contribution in [2.45, 2.75) is 6.10 Å². The molecule has 0 bridgehead atoms. The van der Waals surface area contributed by atoms with Gasteiger partial charge in [0.1, 0.15) is 0 Å². The summed E-state index contributed by atoms with van der Waals surface area (Å²) in [6.07, 6.45) is -0.750. The Labute approximate surface area is 77.0 Å². The molecule has 4 heteroatoms. The zero-order valence-corrected chi connectivity index (χ0v) is 7.27. The molecule has 0 aliphatic rings. The van der Waals surface area contributed by atoms with Crippen LogP contribution in [0, 0.1) is 0 Å². The van der Waals surface area contributed by atoms with Crippen molar-refractivity contribution in [3.63, 3.8) is 0 Å². The molecule has 1 rings (SSSR count). The number of nitrogens with two attached hydrogens (primary N) is 1. The Bertz CT molecular complexity index is 266. The van der Waals surface area contributed by atoms with Crippen LogP contribution in [0.2, 0.25) is 0 Å². The summed E-state index contributed by atoms with van der Waals surface area (Å²) in [7, 11) is 0. The van der Waals surface area contributed by atoms with Crippen molar-refractivity contribution < 1.29 is 10.2 Å². The van der Waals surface area contributed by atoms with E-state index in [1.165, 1.54) is 0 Å². The quantitative estimate of drug-likeness (QED) is 0.495. The van der Waals surface area contributed by atoms with E-state index in [1.54, 1.807) is 6.07 Å². The Morgan fingerprint density at radius 3 is 2.69 bits per heavy atom. The third-order valence-corrected chi connectivity index (χ3v) is 1.70. The summed E-state index contributed by atoms with van der Waals surface area (Å²) in [5.74, 6) is 0. The van der Waals surface area contributed by atoms with Gasteiger partial charge in [-0.25, -0.2) is 0 Å². The second kappa shape index (κ2) is 4.69. The lowest BCUT2D eigenvalue weighted by atomic mass is 10.2. The number of aliphatic hydroxyl groups excluding tert-OH is 2. The maximum absolute atomic E-state index is 9.06. The van der Waals surface area contributed by atoms with Crippen molar-refractivity contribution in [3.05, 3.63) is 24.3 Å². The van der Waals surface area contributed by atoms with Gasteiger partial charge in [-0.15, -0.1) is 0 Å². The minimum atomic E-state index is -0.750. The van der Waals surface area contributed by atoms with Crippen LogP contribution in [0.15, 0.2) is 24.3 Å². The van der Waals surface area contributed by atoms with E-state index in [1.807, 2.05) is 18.2 Å². The second-order valence-electron chi connectivity index (χ2n) is 2.80. The summed E-state index contributed by atoms with van der Waals surface area (Å²) >= 11 is 0. The van der Waals surface area contributed by atoms with Gasteiger partial charge in [0.25, 0.3) is 0 Å². The summed E-state index contributed by atoms with van der Waals surface area (Å²) in [4.78, 5) is 0. The molecule has 13 heavy (non-hydrogen) atoms. The summed E-state index contributed by atoms with van der Waals surface area (Å²) < 4.78 is 0. The first-order valence-corrected chi connectivity index (χ1v) is 4.11. The van der Waals surface area contributed by atoms with Crippen LogP contribution in [0.3, 0.4) is 0 Å². The fourth-order valence-electron chi connectivity index (χ4n) is 0.950. The van der Waals surface area contributed by atoms with Gasteiger partial charge < -0.3 is 21.3 Å². The number of hydrogen-bond acceptors (Lipinski definition) is 4. The molecule has 0 saturated heterocycles. The molecule has 0 aliphatic carbocycles. The fraction of sp³-hybridized carbons (Fsp3) is 0.333. The number of nitrogen functional groups attached to an aromatic ring is 1. The first-order valence-electron chi connectivity index (χ1n) is 4.11. The van der Waals surface area contributed by atoms with Crippen molar-refractivity contribution in [3.8, 4) is 0 Å². The lowest BCUT2D eigenvalue weighted by Crippen LogP contribution is -2.23. The van der Waals surface area contributed by atoms with Crippen LogP contribution in [-0.2, 0) is 0 Å². The van der Waals surface area contributed by atoms with E-state index in [0.29, 0.717) is 12.2 Å². The lowest BCUT2D eigenvalue weighted by molar-refractivity contribution is 0.105. The number of nitrogens with one attached hydrogen (secondary N) is 1. The van der Waals surface area contributed by atoms with Gasteiger partial charge in [0.15, 0.2) is 0 Å². The Morgan fingerprint density at radius 1 is 1.38 bits per heavy atom. The summed E-state index contributed by atoms with van der Waals surface area (Å²) in [5.41, 5.74) is 7.05. The molecule has 1 aromatic rings. The molecule has 1 atom stereocenters. The van der Waals surface area contributed by atoms with Crippen LogP contribution >= 0.6 is 0 Å². The van der Waals surface area contributed by atoms with E-state index in [-0.39, 0.29) is 6.61 Å². The maximum Gasteiger partial charge on any atom is 0.0942 e. The van der Waals surface area contributed by atoms with E-state index in [4.69, 9.17) is 15.9 Å². The van der Waals surface area contributed by atoms with Crippen LogP contribution in [-0.4, -0.2) is 29.5 Å².